The molecule has 1 N–H and O–H groups in total. The Morgan fingerprint density at radius 1 is 1.40 bits per heavy atom. The first kappa shape index (κ1) is 12.0. The maximum Gasteiger partial charge on any atom is 0.325 e. The molecule has 5 heteroatoms. The van der Waals surface area contributed by atoms with Crippen molar-refractivity contribution in [2.45, 2.75) is 25.8 Å². The van der Waals surface area contributed by atoms with Crippen LogP contribution in [0.25, 0.3) is 0 Å². The van der Waals surface area contributed by atoms with Gasteiger partial charge in [-0.25, -0.2) is 0 Å². The molecule has 1 saturated heterocycles. The molecule has 86 valence electrons. The highest BCUT2D eigenvalue weighted by molar-refractivity contribution is 5.80. The summed E-state index contributed by atoms with van der Waals surface area (Å²) in [5, 5.41) is 3.22. The summed E-state index contributed by atoms with van der Waals surface area (Å²) in [4.78, 5) is 24.1. The Kier molecular flexibility index (Phi) is 4.55. The summed E-state index contributed by atoms with van der Waals surface area (Å²) in [5.74, 6) is -0.420. The summed E-state index contributed by atoms with van der Waals surface area (Å²) in [6.45, 7) is 3.35. The summed E-state index contributed by atoms with van der Waals surface area (Å²) in [6.07, 6.45) is 1.80. The van der Waals surface area contributed by atoms with Gasteiger partial charge in [-0.1, -0.05) is 0 Å². The first-order valence-corrected chi connectivity index (χ1v) is 5.20. The number of esters is 1. The Balaban J connectivity index is 2.55. The number of hydrogen-bond acceptors (Lipinski definition) is 4. The zero-order valence-electron chi connectivity index (χ0n) is 9.28. The van der Waals surface area contributed by atoms with Gasteiger partial charge in [0.1, 0.15) is 6.54 Å². The van der Waals surface area contributed by atoms with Crippen molar-refractivity contribution >= 4 is 11.9 Å². The lowest BCUT2D eigenvalue weighted by Crippen LogP contribution is -2.47. The van der Waals surface area contributed by atoms with E-state index < -0.39 is 0 Å². The van der Waals surface area contributed by atoms with Gasteiger partial charge in [-0.3, -0.25) is 9.59 Å². The van der Waals surface area contributed by atoms with Gasteiger partial charge in [-0.2, -0.15) is 0 Å². The number of ether oxygens (including phenoxy) is 1. The molecule has 0 radical (unpaired) electrons. The van der Waals surface area contributed by atoms with E-state index >= 15 is 0 Å². The summed E-state index contributed by atoms with van der Waals surface area (Å²) in [6, 6.07) is 0.169. The van der Waals surface area contributed by atoms with Gasteiger partial charge in [-0.05, 0) is 25.9 Å². The highest BCUT2D eigenvalue weighted by Crippen LogP contribution is 2.11. The van der Waals surface area contributed by atoms with Crippen LogP contribution in [0.3, 0.4) is 0 Å². The molecular weight excluding hydrogens is 196 g/mol. The van der Waals surface area contributed by atoms with Gasteiger partial charge in [0.2, 0.25) is 5.91 Å². The molecule has 0 aromatic rings. The first-order valence-electron chi connectivity index (χ1n) is 5.20. The Morgan fingerprint density at radius 3 is 2.47 bits per heavy atom. The average molecular weight is 214 g/mol. The van der Waals surface area contributed by atoms with Crippen molar-refractivity contribution in [2.24, 2.45) is 0 Å². The monoisotopic (exact) mass is 214 g/mol. The molecule has 1 aliphatic rings. The molecule has 1 rings (SSSR count). The third kappa shape index (κ3) is 3.51. The SMILES string of the molecule is COC(=O)CN(C(C)=O)C1CCNCC1. The molecule has 0 bridgehead atoms. The molecule has 0 aromatic heterocycles. The van der Waals surface area contributed by atoms with E-state index in [4.69, 9.17) is 0 Å². The van der Waals surface area contributed by atoms with E-state index in [0.717, 1.165) is 25.9 Å². The predicted octanol–water partition coefficient (Wildman–Crippen LogP) is -0.240. The second-order valence-electron chi connectivity index (χ2n) is 3.70. The minimum atomic E-state index is -0.358. The third-order valence-corrected chi connectivity index (χ3v) is 2.68. The van der Waals surface area contributed by atoms with Crippen LogP contribution in [0.15, 0.2) is 0 Å². The number of amides is 1. The number of carbonyl (C=O) groups excluding carboxylic acids is 2. The maximum absolute atomic E-state index is 11.4. The maximum atomic E-state index is 11.4. The van der Waals surface area contributed by atoms with Crippen LogP contribution in [0.4, 0.5) is 0 Å². The zero-order valence-corrected chi connectivity index (χ0v) is 9.28. The topological polar surface area (TPSA) is 58.6 Å². The molecular formula is C10H18N2O3. The Hall–Kier alpha value is -1.10. The molecule has 15 heavy (non-hydrogen) atoms. The molecule has 1 heterocycles. The smallest absolute Gasteiger partial charge is 0.325 e. The third-order valence-electron chi connectivity index (χ3n) is 2.68. The molecule has 0 atom stereocenters. The highest BCUT2D eigenvalue weighted by atomic mass is 16.5. The van der Waals surface area contributed by atoms with Crippen molar-refractivity contribution in [3.8, 4) is 0 Å². The van der Waals surface area contributed by atoms with Gasteiger partial charge in [0, 0.05) is 13.0 Å². The quantitative estimate of drug-likeness (QED) is 0.659. The van der Waals surface area contributed by atoms with Crippen molar-refractivity contribution in [1.29, 1.82) is 0 Å². The van der Waals surface area contributed by atoms with Gasteiger partial charge >= 0.3 is 5.97 Å². The van der Waals surface area contributed by atoms with Gasteiger partial charge in [0.25, 0.3) is 0 Å². The van der Waals surface area contributed by atoms with Crippen LogP contribution in [0.2, 0.25) is 0 Å². The molecule has 1 aliphatic heterocycles. The molecule has 1 amide bonds. The van der Waals surface area contributed by atoms with Crippen molar-refractivity contribution in [1.82, 2.24) is 10.2 Å². The fourth-order valence-corrected chi connectivity index (χ4v) is 1.82. The minimum absolute atomic E-state index is 0.0627. The molecule has 5 nitrogen and oxygen atoms in total. The van der Waals surface area contributed by atoms with Gasteiger partial charge in [-0.15, -0.1) is 0 Å². The number of methoxy groups -OCH3 is 1. The molecule has 0 aromatic carbocycles. The van der Waals surface area contributed by atoms with E-state index in [0.29, 0.717) is 0 Å². The number of hydrogen-bond donors (Lipinski definition) is 1. The summed E-state index contributed by atoms with van der Waals surface area (Å²) >= 11 is 0. The molecule has 0 saturated carbocycles. The zero-order chi connectivity index (χ0) is 11.3. The van der Waals surface area contributed by atoms with Crippen molar-refractivity contribution < 1.29 is 14.3 Å². The second kappa shape index (κ2) is 5.70. The van der Waals surface area contributed by atoms with Gasteiger partial charge < -0.3 is 15.0 Å². The van der Waals surface area contributed by atoms with Gasteiger partial charge in [0.05, 0.1) is 7.11 Å². The molecule has 0 spiro atoms. The second-order valence-corrected chi connectivity index (χ2v) is 3.70. The molecule has 1 fully saturated rings. The van der Waals surface area contributed by atoms with E-state index in [9.17, 15) is 9.59 Å². The summed E-state index contributed by atoms with van der Waals surface area (Å²) in [5.41, 5.74) is 0. The number of rotatable bonds is 3. The van der Waals surface area contributed by atoms with E-state index in [1.54, 1.807) is 4.90 Å². The number of piperidine rings is 1. The van der Waals surface area contributed by atoms with Crippen LogP contribution in [0.5, 0.6) is 0 Å². The van der Waals surface area contributed by atoms with Crippen LogP contribution in [0.1, 0.15) is 19.8 Å². The standard InChI is InChI=1S/C10H18N2O3/c1-8(13)12(7-10(14)15-2)9-3-5-11-6-4-9/h9,11H,3-7H2,1-2H3. The van der Waals surface area contributed by atoms with Crippen LogP contribution < -0.4 is 5.32 Å². The normalized spacial score (nSPS) is 17.2. The Bertz CT molecular complexity index is 237. The minimum Gasteiger partial charge on any atom is -0.468 e. The fraction of sp³-hybridized carbons (Fsp3) is 0.800. The van der Waals surface area contributed by atoms with Crippen LogP contribution >= 0.6 is 0 Å². The van der Waals surface area contributed by atoms with Crippen LogP contribution in [-0.2, 0) is 14.3 Å². The largest absolute Gasteiger partial charge is 0.468 e. The van der Waals surface area contributed by atoms with E-state index in [1.165, 1.54) is 14.0 Å². The Morgan fingerprint density at radius 2 is 2.00 bits per heavy atom. The first-order chi connectivity index (χ1) is 7.15. The molecule has 0 aliphatic carbocycles. The summed E-state index contributed by atoms with van der Waals surface area (Å²) < 4.78 is 4.57. The summed E-state index contributed by atoms with van der Waals surface area (Å²) in [7, 11) is 1.34. The van der Waals surface area contributed by atoms with E-state index in [1.807, 2.05) is 0 Å². The van der Waals surface area contributed by atoms with Gasteiger partial charge in [0.15, 0.2) is 0 Å². The Labute approximate surface area is 89.8 Å². The highest BCUT2D eigenvalue weighted by Gasteiger charge is 2.24. The molecule has 0 unspecified atom stereocenters. The predicted molar refractivity (Wildman–Crippen MR) is 55.3 cm³/mol. The van der Waals surface area contributed by atoms with Crippen LogP contribution in [0, 0.1) is 0 Å². The lowest BCUT2D eigenvalue weighted by atomic mass is 10.0. The lowest BCUT2D eigenvalue weighted by molar-refractivity contribution is -0.148. The van der Waals surface area contributed by atoms with Crippen molar-refractivity contribution in [2.75, 3.05) is 26.7 Å². The average Bonchev–Trinajstić information content (AvgIpc) is 2.26. The lowest BCUT2D eigenvalue weighted by Gasteiger charge is -2.33. The van der Waals surface area contributed by atoms with Crippen molar-refractivity contribution in [3.63, 3.8) is 0 Å². The van der Waals surface area contributed by atoms with E-state index in [2.05, 4.69) is 10.1 Å². The number of carbonyl (C=O) groups is 2. The fourth-order valence-electron chi connectivity index (χ4n) is 1.82. The van der Waals surface area contributed by atoms with Crippen molar-refractivity contribution in [3.05, 3.63) is 0 Å². The number of nitrogens with one attached hydrogen (secondary N) is 1. The number of nitrogens with zero attached hydrogens (tertiary/aromatic N) is 1. The van der Waals surface area contributed by atoms with Crippen LogP contribution in [-0.4, -0.2) is 49.6 Å². The van der Waals surface area contributed by atoms with E-state index in [-0.39, 0.29) is 24.5 Å².